The highest BCUT2D eigenvalue weighted by Gasteiger charge is 2.13. The average molecular weight is 303 g/mol. The molecule has 1 unspecified atom stereocenters. The van der Waals surface area contributed by atoms with E-state index < -0.39 is 0 Å². The number of benzene rings is 2. The Hall–Kier alpha value is -2.00. The smallest absolute Gasteiger partial charge is 0.319 e. The first-order valence-corrected chi connectivity index (χ1v) is 7.36. The summed E-state index contributed by atoms with van der Waals surface area (Å²) in [5, 5.41) is 6.29. The van der Waals surface area contributed by atoms with Crippen molar-refractivity contribution in [1.82, 2.24) is 5.32 Å². The molecule has 1 atom stereocenters. The Morgan fingerprint density at radius 1 is 1.19 bits per heavy atom. The molecule has 0 bridgehead atoms. The van der Waals surface area contributed by atoms with Crippen molar-refractivity contribution in [3.05, 3.63) is 64.7 Å². The molecule has 2 rings (SSSR count). The standard InChI is InChI=1S/C17H19ClN2O/c1-3-15(13-7-5-4-6-8-13)19-17(21)20-16-10-9-12(2)11-14(16)18/h4-11,15H,3H2,1-2H3,(H2,19,20,21). The van der Waals surface area contributed by atoms with Gasteiger partial charge in [0.2, 0.25) is 0 Å². The molecule has 0 spiro atoms. The Kier molecular flexibility index (Phi) is 5.23. The molecule has 2 amide bonds. The van der Waals surface area contributed by atoms with Crippen molar-refractivity contribution >= 4 is 23.3 Å². The molecule has 0 aromatic heterocycles. The summed E-state index contributed by atoms with van der Waals surface area (Å²) in [6.45, 7) is 4.00. The highest BCUT2D eigenvalue weighted by Crippen LogP contribution is 2.23. The van der Waals surface area contributed by atoms with Crippen LogP contribution in [0.3, 0.4) is 0 Å². The molecule has 2 aromatic carbocycles. The van der Waals surface area contributed by atoms with E-state index in [0.29, 0.717) is 10.7 Å². The van der Waals surface area contributed by atoms with Gasteiger partial charge in [-0.15, -0.1) is 0 Å². The first-order chi connectivity index (χ1) is 10.1. The summed E-state index contributed by atoms with van der Waals surface area (Å²) in [4.78, 5) is 12.1. The molecule has 0 aliphatic rings. The molecule has 2 N–H and O–H groups in total. The van der Waals surface area contributed by atoms with Crippen molar-refractivity contribution in [2.75, 3.05) is 5.32 Å². The number of hydrogen-bond donors (Lipinski definition) is 2. The van der Waals surface area contributed by atoms with Gasteiger partial charge in [0.25, 0.3) is 0 Å². The lowest BCUT2D eigenvalue weighted by atomic mass is 10.1. The largest absolute Gasteiger partial charge is 0.331 e. The van der Waals surface area contributed by atoms with E-state index in [0.717, 1.165) is 17.5 Å². The second-order valence-corrected chi connectivity index (χ2v) is 5.36. The Bertz CT molecular complexity index is 613. The molecule has 0 fully saturated rings. The molecule has 110 valence electrons. The summed E-state index contributed by atoms with van der Waals surface area (Å²) in [7, 11) is 0. The summed E-state index contributed by atoms with van der Waals surface area (Å²) in [5.74, 6) is 0. The van der Waals surface area contributed by atoms with Gasteiger partial charge in [-0.1, -0.05) is 54.9 Å². The maximum atomic E-state index is 12.1. The number of hydrogen-bond acceptors (Lipinski definition) is 1. The summed E-state index contributed by atoms with van der Waals surface area (Å²) < 4.78 is 0. The van der Waals surface area contributed by atoms with Crippen LogP contribution in [-0.2, 0) is 0 Å². The molecule has 0 radical (unpaired) electrons. The number of nitrogens with one attached hydrogen (secondary N) is 2. The molecule has 21 heavy (non-hydrogen) atoms. The number of halogens is 1. The lowest BCUT2D eigenvalue weighted by Gasteiger charge is -2.18. The average Bonchev–Trinajstić information content (AvgIpc) is 2.48. The fourth-order valence-corrected chi connectivity index (χ4v) is 2.43. The van der Waals surface area contributed by atoms with E-state index in [2.05, 4.69) is 10.6 Å². The number of aryl methyl sites for hydroxylation is 1. The van der Waals surface area contributed by atoms with Gasteiger partial charge in [0.15, 0.2) is 0 Å². The van der Waals surface area contributed by atoms with Crippen molar-refractivity contribution in [3.63, 3.8) is 0 Å². The van der Waals surface area contributed by atoms with Crippen molar-refractivity contribution in [2.24, 2.45) is 0 Å². The number of amides is 2. The van der Waals surface area contributed by atoms with Gasteiger partial charge in [0.1, 0.15) is 0 Å². The second kappa shape index (κ2) is 7.14. The Morgan fingerprint density at radius 2 is 1.90 bits per heavy atom. The molecule has 3 nitrogen and oxygen atoms in total. The van der Waals surface area contributed by atoms with E-state index in [1.165, 1.54) is 0 Å². The fourth-order valence-electron chi connectivity index (χ4n) is 2.14. The quantitative estimate of drug-likeness (QED) is 0.827. The van der Waals surface area contributed by atoms with E-state index in [1.54, 1.807) is 6.07 Å². The fraction of sp³-hybridized carbons (Fsp3) is 0.235. The predicted octanol–water partition coefficient (Wildman–Crippen LogP) is 4.92. The second-order valence-electron chi connectivity index (χ2n) is 4.95. The lowest BCUT2D eigenvalue weighted by molar-refractivity contribution is 0.248. The van der Waals surface area contributed by atoms with Crippen LogP contribution in [0.15, 0.2) is 48.5 Å². The molecular formula is C17H19ClN2O. The monoisotopic (exact) mass is 302 g/mol. The SMILES string of the molecule is CCC(NC(=O)Nc1ccc(C)cc1Cl)c1ccccc1. The van der Waals surface area contributed by atoms with Gasteiger partial charge >= 0.3 is 6.03 Å². The zero-order valence-electron chi connectivity index (χ0n) is 12.2. The topological polar surface area (TPSA) is 41.1 Å². The van der Waals surface area contributed by atoms with Crippen LogP contribution in [0.4, 0.5) is 10.5 Å². The van der Waals surface area contributed by atoms with Crippen LogP contribution in [0.2, 0.25) is 5.02 Å². The number of carbonyl (C=O) groups excluding carboxylic acids is 1. The molecule has 0 aliphatic heterocycles. The van der Waals surface area contributed by atoms with Gasteiger partial charge in [0, 0.05) is 0 Å². The summed E-state index contributed by atoms with van der Waals surface area (Å²) in [6, 6.07) is 15.2. The van der Waals surface area contributed by atoms with Gasteiger partial charge in [-0.2, -0.15) is 0 Å². The van der Waals surface area contributed by atoms with Crippen LogP contribution in [0.25, 0.3) is 0 Å². The van der Waals surface area contributed by atoms with Crippen LogP contribution < -0.4 is 10.6 Å². The Balaban J connectivity index is 2.03. The lowest BCUT2D eigenvalue weighted by Crippen LogP contribution is -2.32. The van der Waals surface area contributed by atoms with E-state index >= 15 is 0 Å². The maximum absolute atomic E-state index is 12.1. The van der Waals surface area contributed by atoms with E-state index in [1.807, 2.05) is 56.3 Å². The van der Waals surface area contributed by atoms with Crippen LogP contribution in [0.1, 0.15) is 30.5 Å². The zero-order chi connectivity index (χ0) is 15.2. The molecule has 4 heteroatoms. The molecule has 0 heterocycles. The molecule has 0 saturated heterocycles. The predicted molar refractivity (Wildman–Crippen MR) is 87.8 cm³/mol. The third-order valence-corrected chi connectivity index (χ3v) is 3.60. The number of anilines is 1. The molecule has 0 saturated carbocycles. The van der Waals surface area contributed by atoms with Crippen LogP contribution in [0.5, 0.6) is 0 Å². The van der Waals surface area contributed by atoms with Crippen molar-refractivity contribution in [1.29, 1.82) is 0 Å². The summed E-state index contributed by atoms with van der Waals surface area (Å²) in [5.41, 5.74) is 2.76. The van der Waals surface area contributed by atoms with Crippen molar-refractivity contribution < 1.29 is 4.79 Å². The minimum absolute atomic E-state index is 0.0181. The maximum Gasteiger partial charge on any atom is 0.319 e. The van der Waals surface area contributed by atoms with E-state index in [-0.39, 0.29) is 12.1 Å². The highest BCUT2D eigenvalue weighted by atomic mass is 35.5. The van der Waals surface area contributed by atoms with Crippen molar-refractivity contribution in [2.45, 2.75) is 26.3 Å². The first-order valence-electron chi connectivity index (χ1n) is 6.98. The number of rotatable bonds is 4. The van der Waals surface area contributed by atoms with Crippen LogP contribution in [-0.4, -0.2) is 6.03 Å². The van der Waals surface area contributed by atoms with Gasteiger partial charge in [-0.3, -0.25) is 0 Å². The summed E-state index contributed by atoms with van der Waals surface area (Å²) >= 11 is 6.12. The minimum Gasteiger partial charge on any atom is -0.331 e. The highest BCUT2D eigenvalue weighted by molar-refractivity contribution is 6.33. The molecule has 0 aliphatic carbocycles. The third-order valence-electron chi connectivity index (χ3n) is 3.29. The van der Waals surface area contributed by atoms with Crippen LogP contribution in [0, 0.1) is 6.92 Å². The van der Waals surface area contributed by atoms with Crippen LogP contribution >= 0.6 is 11.6 Å². The number of carbonyl (C=O) groups is 1. The molecule has 2 aromatic rings. The zero-order valence-corrected chi connectivity index (χ0v) is 12.9. The van der Waals surface area contributed by atoms with Crippen molar-refractivity contribution in [3.8, 4) is 0 Å². The van der Waals surface area contributed by atoms with Gasteiger partial charge in [0.05, 0.1) is 16.8 Å². The van der Waals surface area contributed by atoms with Gasteiger partial charge in [-0.05, 0) is 36.6 Å². The summed E-state index contributed by atoms with van der Waals surface area (Å²) in [6.07, 6.45) is 0.819. The Morgan fingerprint density at radius 3 is 2.52 bits per heavy atom. The number of urea groups is 1. The first kappa shape index (κ1) is 15.4. The molecular weight excluding hydrogens is 284 g/mol. The van der Waals surface area contributed by atoms with E-state index in [4.69, 9.17) is 11.6 Å². The third kappa shape index (κ3) is 4.23. The Labute approximate surface area is 130 Å². The minimum atomic E-state index is -0.253. The normalized spacial score (nSPS) is 11.8. The van der Waals surface area contributed by atoms with E-state index in [9.17, 15) is 4.79 Å². The van der Waals surface area contributed by atoms with Gasteiger partial charge < -0.3 is 10.6 Å². The van der Waals surface area contributed by atoms with Gasteiger partial charge in [-0.25, -0.2) is 4.79 Å².